The van der Waals surface area contributed by atoms with Crippen LogP contribution in [0.2, 0.25) is 0 Å². The molecule has 0 bridgehead atoms. The van der Waals surface area contributed by atoms with Crippen LogP contribution in [0.3, 0.4) is 0 Å². The molecular formula is C14H20N4. The molecule has 1 aromatic carbocycles. The summed E-state index contributed by atoms with van der Waals surface area (Å²) in [6.45, 7) is 3.30. The zero-order chi connectivity index (χ0) is 13.1. The first-order valence-corrected chi connectivity index (χ1v) is 6.29. The molecule has 1 aliphatic rings. The van der Waals surface area contributed by atoms with Crippen molar-refractivity contribution in [3.05, 3.63) is 23.8 Å². The molecule has 1 aliphatic heterocycles. The van der Waals surface area contributed by atoms with Gasteiger partial charge in [0, 0.05) is 20.1 Å². The maximum Gasteiger partial charge on any atom is 0.0992 e. The molecule has 0 aromatic heterocycles. The second-order valence-electron chi connectivity index (χ2n) is 5.18. The molecule has 0 aliphatic carbocycles. The number of hydrogen-bond acceptors (Lipinski definition) is 4. The Morgan fingerprint density at radius 1 is 1.56 bits per heavy atom. The molecule has 1 unspecified atom stereocenters. The van der Waals surface area contributed by atoms with Gasteiger partial charge in [-0.05, 0) is 44.1 Å². The molecule has 0 saturated carbocycles. The van der Waals surface area contributed by atoms with Crippen LogP contribution < -0.4 is 10.6 Å². The molecule has 4 heteroatoms. The Kier molecular flexibility index (Phi) is 3.73. The third-order valence-electron chi connectivity index (χ3n) is 3.59. The summed E-state index contributed by atoms with van der Waals surface area (Å²) in [5.74, 6) is 0.685. The maximum absolute atomic E-state index is 8.94. The molecule has 1 atom stereocenters. The number of rotatable bonds is 3. The second-order valence-corrected chi connectivity index (χ2v) is 5.18. The SMILES string of the molecule is CN1CCC(CN(C)c2cc(C#N)ccc2N)C1. The number of anilines is 2. The summed E-state index contributed by atoms with van der Waals surface area (Å²) < 4.78 is 0. The van der Waals surface area contributed by atoms with Gasteiger partial charge < -0.3 is 15.5 Å². The minimum Gasteiger partial charge on any atom is -0.397 e. The minimum atomic E-state index is 0.662. The molecule has 4 nitrogen and oxygen atoms in total. The van der Waals surface area contributed by atoms with Crippen LogP contribution in [0.25, 0.3) is 0 Å². The van der Waals surface area contributed by atoms with Crippen LogP contribution in [0.1, 0.15) is 12.0 Å². The average Bonchev–Trinajstić information content (AvgIpc) is 2.75. The van der Waals surface area contributed by atoms with E-state index in [9.17, 15) is 0 Å². The third kappa shape index (κ3) is 2.74. The Morgan fingerprint density at radius 2 is 2.33 bits per heavy atom. The van der Waals surface area contributed by atoms with Crippen molar-refractivity contribution in [2.45, 2.75) is 6.42 Å². The summed E-state index contributed by atoms with van der Waals surface area (Å²) in [4.78, 5) is 4.52. The van der Waals surface area contributed by atoms with Gasteiger partial charge in [0.2, 0.25) is 0 Å². The van der Waals surface area contributed by atoms with Crippen LogP contribution in [0, 0.1) is 17.2 Å². The summed E-state index contributed by atoms with van der Waals surface area (Å²) in [5, 5.41) is 8.94. The van der Waals surface area contributed by atoms with Crippen molar-refractivity contribution in [2.75, 3.05) is 44.4 Å². The van der Waals surface area contributed by atoms with Crippen molar-refractivity contribution in [2.24, 2.45) is 5.92 Å². The maximum atomic E-state index is 8.94. The van der Waals surface area contributed by atoms with Gasteiger partial charge in [-0.25, -0.2) is 0 Å². The Bertz CT molecular complexity index is 463. The van der Waals surface area contributed by atoms with Gasteiger partial charge in [-0.15, -0.1) is 0 Å². The molecule has 0 radical (unpaired) electrons. The van der Waals surface area contributed by atoms with Crippen LogP contribution >= 0.6 is 0 Å². The minimum absolute atomic E-state index is 0.662. The van der Waals surface area contributed by atoms with Gasteiger partial charge in [-0.3, -0.25) is 0 Å². The Labute approximate surface area is 109 Å². The number of hydrogen-bond donors (Lipinski definition) is 1. The van der Waals surface area contributed by atoms with E-state index < -0.39 is 0 Å². The number of benzene rings is 1. The summed E-state index contributed by atoms with van der Waals surface area (Å²) in [6, 6.07) is 7.60. The zero-order valence-electron chi connectivity index (χ0n) is 11.1. The highest BCUT2D eigenvalue weighted by Crippen LogP contribution is 2.25. The van der Waals surface area contributed by atoms with Crippen LogP contribution in [0.15, 0.2) is 18.2 Å². The Balaban J connectivity index is 2.08. The standard InChI is InChI=1S/C14H20N4/c1-17-6-5-12(9-17)10-18(2)14-7-11(8-15)3-4-13(14)16/h3-4,7,12H,5-6,9-10,16H2,1-2H3. The van der Waals surface area contributed by atoms with Gasteiger partial charge >= 0.3 is 0 Å². The zero-order valence-corrected chi connectivity index (χ0v) is 11.1. The molecule has 2 N–H and O–H groups in total. The van der Waals surface area contributed by atoms with Crippen LogP contribution in [0.5, 0.6) is 0 Å². The van der Waals surface area contributed by atoms with Gasteiger partial charge in [0.25, 0.3) is 0 Å². The van der Waals surface area contributed by atoms with Crippen molar-refractivity contribution in [1.82, 2.24) is 4.90 Å². The van der Waals surface area contributed by atoms with Crippen molar-refractivity contribution < 1.29 is 0 Å². The van der Waals surface area contributed by atoms with Gasteiger partial charge in [-0.2, -0.15) is 5.26 Å². The topological polar surface area (TPSA) is 56.3 Å². The number of nitrogens with zero attached hydrogens (tertiary/aromatic N) is 3. The Hall–Kier alpha value is -1.73. The fourth-order valence-electron chi connectivity index (χ4n) is 2.60. The quantitative estimate of drug-likeness (QED) is 0.819. The van der Waals surface area contributed by atoms with E-state index in [0.717, 1.165) is 24.5 Å². The van der Waals surface area contributed by atoms with Crippen molar-refractivity contribution in [3.63, 3.8) is 0 Å². The normalized spacial score (nSPS) is 19.7. The van der Waals surface area contributed by atoms with Gasteiger partial charge in [0.15, 0.2) is 0 Å². The highest BCUT2D eigenvalue weighted by molar-refractivity contribution is 5.69. The molecule has 1 fully saturated rings. The lowest BCUT2D eigenvalue weighted by Gasteiger charge is -2.24. The molecule has 1 saturated heterocycles. The second kappa shape index (κ2) is 5.28. The van der Waals surface area contributed by atoms with Gasteiger partial charge in [0.05, 0.1) is 23.0 Å². The van der Waals surface area contributed by atoms with E-state index in [4.69, 9.17) is 11.0 Å². The number of nitrogens with two attached hydrogens (primary N) is 1. The smallest absolute Gasteiger partial charge is 0.0992 e. The first-order chi connectivity index (χ1) is 8.60. The van der Waals surface area contributed by atoms with Crippen LogP contribution in [0.4, 0.5) is 11.4 Å². The lowest BCUT2D eigenvalue weighted by Crippen LogP contribution is -2.27. The van der Waals surface area contributed by atoms with E-state index in [0.29, 0.717) is 11.5 Å². The van der Waals surface area contributed by atoms with Crippen LogP contribution in [-0.4, -0.2) is 38.6 Å². The van der Waals surface area contributed by atoms with Crippen molar-refractivity contribution in [1.29, 1.82) is 5.26 Å². The largest absolute Gasteiger partial charge is 0.397 e. The lowest BCUT2D eigenvalue weighted by atomic mass is 10.1. The van der Waals surface area contributed by atoms with Crippen LogP contribution in [-0.2, 0) is 0 Å². The van der Waals surface area contributed by atoms with Gasteiger partial charge in [0.1, 0.15) is 0 Å². The molecule has 96 valence electrons. The average molecular weight is 244 g/mol. The molecule has 1 heterocycles. The summed E-state index contributed by atoms with van der Waals surface area (Å²) in [5.41, 5.74) is 8.35. The molecule has 18 heavy (non-hydrogen) atoms. The fraction of sp³-hybridized carbons (Fsp3) is 0.500. The number of likely N-dealkylation sites (tertiary alicyclic amines) is 1. The van der Waals surface area contributed by atoms with E-state index in [1.165, 1.54) is 13.0 Å². The monoisotopic (exact) mass is 244 g/mol. The molecule has 0 spiro atoms. The highest BCUT2D eigenvalue weighted by atomic mass is 15.2. The first-order valence-electron chi connectivity index (χ1n) is 6.29. The summed E-state index contributed by atoms with van der Waals surface area (Å²) in [6.07, 6.45) is 1.23. The summed E-state index contributed by atoms with van der Waals surface area (Å²) in [7, 11) is 4.20. The molecule has 1 aromatic rings. The number of nitrogen functional groups attached to an aromatic ring is 1. The summed E-state index contributed by atoms with van der Waals surface area (Å²) >= 11 is 0. The predicted octanol–water partition coefficient (Wildman–Crippen LogP) is 1.53. The fourth-order valence-corrected chi connectivity index (χ4v) is 2.60. The van der Waals surface area contributed by atoms with E-state index in [2.05, 4.69) is 22.9 Å². The predicted molar refractivity (Wildman–Crippen MR) is 74.4 cm³/mol. The van der Waals surface area contributed by atoms with Crippen molar-refractivity contribution >= 4 is 11.4 Å². The molecule has 2 rings (SSSR count). The van der Waals surface area contributed by atoms with Crippen molar-refractivity contribution in [3.8, 4) is 6.07 Å². The van der Waals surface area contributed by atoms with E-state index >= 15 is 0 Å². The molecular weight excluding hydrogens is 224 g/mol. The highest BCUT2D eigenvalue weighted by Gasteiger charge is 2.21. The molecule has 0 amide bonds. The van der Waals surface area contributed by atoms with E-state index in [-0.39, 0.29) is 0 Å². The Morgan fingerprint density at radius 3 is 2.94 bits per heavy atom. The lowest BCUT2D eigenvalue weighted by molar-refractivity contribution is 0.396. The third-order valence-corrected chi connectivity index (χ3v) is 3.59. The first kappa shape index (κ1) is 12.7. The van der Waals surface area contributed by atoms with E-state index in [1.54, 1.807) is 6.07 Å². The number of nitriles is 1. The van der Waals surface area contributed by atoms with E-state index in [1.807, 2.05) is 19.2 Å². The van der Waals surface area contributed by atoms with Gasteiger partial charge in [-0.1, -0.05) is 0 Å².